The van der Waals surface area contributed by atoms with Gasteiger partial charge in [0, 0.05) is 129 Å². The zero-order valence-corrected chi connectivity index (χ0v) is 55.1. The number of nitriles is 1. The van der Waals surface area contributed by atoms with Crippen LogP contribution in [-0.4, -0.2) is 117 Å². The van der Waals surface area contributed by atoms with Crippen LogP contribution in [0.15, 0.2) is 183 Å². The fourth-order valence-electron chi connectivity index (χ4n) is 15.2. The summed E-state index contributed by atoms with van der Waals surface area (Å²) in [5.74, 6) is 3.85. The molecule has 0 aliphatic carbocycles. The highest BCUT2D eigenvalue weighted by Crippen LogP contribution is 2.43. The number of halogens is 3. The Balaban J connectivity index is 0.000000114. The number of likely N-dealkylation sites (N-methyl/N-ethyl adjacent to an activating group) is 1. The highest BCUT2D eigenvalue weighted by atomic mass is 35.5. The predicted octanol–water partition coefficient (Wildman–Crippen LogP) is 14.2. The van der Waals surface area contributed by atoms with Gasteiger partial charge < -0.3 is 38.8 Å². The number of aromatic nitrogens is 11. The lowest BCUT2D eigenvalue weighted by atomic mass is 9.94. The first kappa shape index (κ1) is 61.5. The molecule has 12 aromatic rings. The van der Waals surface area contributed by atoms with E-state index in [9.17, 15) is 13.9 Å². The minimum atomic E-state index is -0.244. The summed E-state index contributed by atoms with van der Waals surface area (Å²) in [5.41, 5.74) is 20.2. The second kappa shape index (κ2) is 25.6. The Labute approximate surface area is 566 Å². The first-order valence-corrected chi connectivity index (χ1v) is 34.0. The molecule has 6 aliphatic heterocycles. The van der Waals surface area contributed by atoms with Gasteiger partial charge in [0.25, 0.3) is 0 Å². The molecule has 12 heterocycles. The number of nitrogens with zero attached hydrogens (tertiary/aromatic N) is 15. The Morgan fingerprint density at radius 1 is 0.608 bits per heavy atom. The minimum Gasteiger partial charge on any atom is -0.396 e. The van der Waals surface area contributed by atoms with E-state index in [2.05, 4.69) is 173 Å². The van der Waals surface area contributed by atoms with Crippen molar-refractivity contribution in [2.24, 2.45) is 17.8 Å². The van der Waals surface area contributed by atoms with E-state index < -0.39 is 0 Å². The maximum Gasteiger partial charge on any atom is 0.185 e. The van der Waals surface area contributed by atoms with E-state index in [1.54, 1.807) is 24.8 Å². The number of nitrogens with one attached hydrogen (secondary N) is 1. The molecule has 6 aromatic heterocycles. The van der Waals surface area contributed by atoms with E-state index in [0.29, 0.717) is 23.8 Å². The van der Waals surface area contributed by atoms with Crippen molar-refractivity contribution in [1.29, 1.82) is 5.26 Å². The highest BCUT2D eigenvalue weighted by Gasteiger charge is 2.34. The number of rotatable bonds is 11. The molecule has 0 spiro atoms. The van der Waals surface area contributed by atoms with E-state index in [1.165, 1.54) is 78.1 Å². The van der Waals surface area contributed by atoms with Crippen LogP contribution in [0.2, 0.25) is 5.15 Å². The normalized spacial score (nSPS) is 17.0. The number of fused-ring (bicyclic) bond motifs is 15. The van der Waals surface area contributed by atoms with Crippen molar-refractivity contribution in [1.82, 2.24) is 58.1 Å². The van der Waals surface area contributed by atoms with Crippen LogP contribution < -0.4 is 20.0 Å². The van der Waals surface area contributed by atoms with Crippen LogP contribution in [0.5, 0.6) is 0 Å². The number of anilines is 3. The van der Waals surface area contributed by atoms with Gasteiger partial charge in [-0.1, -0.05) is 74.7 Å². The second-order valence-corrected chi connectivity index (χ2v) is 26.8. The maximum absolute atomic E-state index is 13.4. The summed E-state index contributed by atoms with van der Waals surface area (Å²) < 4.78 is 39.5. The lowest BCUT2D eigenvalue weighted by Crippen LogP contribution is -2.46. The van der Waals surface area contributed by atoms with Gasteiger partial charge in [0.05, 0.1) is 52.3 Å². The largest absolute Gasteiger partial charge is 0.396 e. The molecule has 0 bridgehead atoms. The van der Waals surface area contributed by atoms with Gasteiger partial charge in [-0.25, -0.2) is 23.4 Å². The molecule has 18 rings (SSSR count). The predicted molar refractivity (Wildman–Crippen MR) is 377 cm³/mol. The number of imidazole rings is 1. The summed E-state index contributed by atoms with van der Waals surface area (Å²) in [6, 6.07) is 49.5. The average molecular weight is 1310 g/mol. The van der Waals surface area contributed by atoms with Gasteiger partial charge in [-0.3, -0.25) is 9.13 Å². The van der Waals surface area contributed by atoms with E-state index >= 15 is 0 Å². The molecule has 0 saturated carbocycles. The van der Waals surface area contributed by atoms with Crippen molar-refractivity contribution in [3.63, 3.8) is 0 Å². The van der Waals surface area contributed by atoms with Crippen LogP contribution >= 0.6 is 11.6 Å². The van der Waals surface area contributed by atoms with Gasteiger partial charge in [0.1, 0.15) is 29.4 Å². The molecule has 3 saturated heterocycles. The van der Waals surface area contributed by atoms with Crippen LogP contribution in [0.3, 0.4) is 0 Å². The molecule has 488 valence electrons. The van der Waals surface area contributed by atoms with Gasteiger partial charge in [-0.05, 0) is 174 Å². The van der Waals surface area contributed by atoms with Gasteiger partial charge >= 0.3 is 0 Å². The van der Waals surface area contributed by atoms with Crippen LogP contribution in [-0.2, 0) is 19.6 Å². The fourth-order valence-corrected chi connectivity index (χ4v) is 15.5. The van der Waals surface area contributed by atoms with E-state index in [0.717, 1.165) is 148 Å². The standard InChI is InChI=1S/C26H23ClN6.C26H25FN4.C25H25FN6O/c1-2-17-9-10-31(14-17)21-7-8-23-20(11-21)15-32-24(26-30-29-16-33(23)26)12-22(25(32)27)19-5-3-18(13-28)4-6-19;1-2-3-18-14-29(15-18)23-8-9-24-21(12-23)17-30-16-20(19-4-6-22(27)7-5-19)13-25(30)26-28-10-11-31(24)26;1-27-22-13-30(12-19(22)14-33)21-6-7-23-18(8-21)11-31-10-17(16-2-4-20(26)5-3-16)9-24(31)25-28-15-29-32(23)25/h3-8,11-12,16-17H,2,9-10,14-15H2,1H3;4-13,16,18H,2-3,14-15,17H2,1H3;2-10,15,19,22,27,33H,11-14H2,1H3/t17-;;19-,22+/m1.0/s1. The molecule has 2 N–H and O–H groups in total. The SMILES string of the molecule is CCCC1CN(c2ccc3c(c2)Cn2cc(-c4ccc(F)cc4)cc2-c2nccn2-3)C1.CC[C@@H]1CCN(c2ccc3c(c2)Cn2c(cc(-c4ccc(C#N)cc4)c2Cl)-c2nncn2-3)C1.CN[C@@H]1CN(c2ccc3c(c2)Cn2cc(-c4ccc(F)cc4)cc2-c2ncnn2-3)C[C@H]1CO. The third-order valence-electron chi connectivity index (χ3n) is 20.5. The maximum atomic E-state index is 13.4. The minimum absolute atomic E-state index is 0.175. The topological polar surface area (TPSA) is 160 Å². The third-order valence-corrected chi connectivity index (χ3v) is 20.9. The zero-order chi connectivity index (χ0) is 66.0. The number of hydrogen-bond donors (Lipinski definition) is 2. The van der Waals surface area contributed by atoms with Gasteiger partial charge in [0.15, 0.2) is 17.5 Å². The molecule has 6 aromatic carbocycles. The summed E-state index contributed by atoms with van der Waals surface area (Å²) in [6.45, 7) is 13.1. The van der Waals surface area contributed by atoms with Gasteiger partial charge in [0.2, 0.25) is 0 Å². The summed E-state index contributed by atoms with van der Waals surface area (Å²) in [7, 11) is 1.95. The Bertz CT molecular complexity index is 4920. The highest BCUT2D eigenvalue weighted by molar-refractivity contribution is 6.32. The van der Waals surface area contributed by atoms with Crippen LogP contribution in [0.4, 0.5) is 25.8 Å². The number of aliphatic hydroxyl groups excluding tert-OH is 1. The quantitative estimate of drug-likeness (QED) is 0.127. The van der Waals surface area contributed by atoms with Crippen LogP contribution in [0.25, 0.3) is 85.0 Å². The average Bonchev–Trinajstić information content (AvgIpc) is 1.61. The molecule has 6 aliphatic rings. The molecule has 0 radical (unpaired) electrons. The molecular weight excluding hydrogens is 1240 g/mol. The summed E-state index contributed by atoms with van der Waals surface area (Å²) in [6.07, 6.45) is 16.6. The van der Waals surface area contributed by atoms with E-state index in [1.807, 2.05) is 60.5 Å². The van der Waals surface area contributed by atoms with Crippen LogP contribution in [0, 0.1) is 40.7 Å². The van der Waals surface area contributed by atoms with Crippen molar-refractivity contribution >= 4 is 28.7 Å². The fraction of sp³-hybridized carbons (Fsp3) is 0.273. The van der Waals surface area contributed by atoms with Crippen molar-refractivity contribution < 1.29 is 13.9 Å². The number of benzene rings is 6. The summed E-state index contributed by atoms with van der Waals surface area (Å²) in [4.78, 5) is 16.5. The Morgan fingerprint density at radius 2 is 1.21 bits per heavy atom. The molecule has 20 heteroatoms. The first-order chi connectivity index (χ1) is 47.5. The summed E-state index contributed by atoms with van der Waals surface area (Å²) in [5, 5.41) is 36.0. The van der Waals surface area contributed by atoms with Crippen molar-refractivity contribution in [3.05, 3.63) is 222 Å². The number of hydrogen-bond acceptors (Lipinski definition) is 11. The molecule has 3 fully saturated rings. The number of aliphatic hydroxyl groups is 1. The van der Waals surface area contributed by atoms with Crippen LogP contribution in [0.1, 0.15) is 61.8 Å². The lowest BCUT2D eigenvalue weighted by molar-refractivity contribution is 0.219. The molecule has 0 unspecified atom stereocenters. The zero-order valence-electron chi connectivity index (χ0n) is 54.3. The third kappa shape index (κ3) is 11.5. The molecule has 0 amide bonds. The first-order valence-electron chi connectivity index (χ1n) is 33.6. The van der Waals surface area contributed by atoms with Crippen molar-refractivity contribution in [2.45, 2.75) is 65.2 Å². The molecule has 97 heavy (non-hydrogen) atoms. The monoisotopic (exact) mass is 1310 g/mol. The summed E-state index contributed by atoms with van der Waals surface area (Å²) >= 11 is 6.96. The van der Waals surface area contributed by atoms with Gasteiger partial charge in [-0.15, -0.1) is 10.2 Å². The smallest absolute Gasteiger partial charge is 0.185 e. The Hall–Kier alpha value is -10.4. The van der Waals surface area contributed by atoms with E-state index in [4.69, 9.17) is 16.9 Å². The molecular formula is C77H73ClF2N16O. The lowest BCUT2D eigenvalue weighted by Gasteiger charge is -2.41. The second-order valence-electron chi connectivity index (χ2n) is 26.4. The molecule has 17 nitrogen and oxygen atoms in total. The van der Waals surface area contributed by atoms with Gasteiger partial charge in [-0.2, -0.15) is 10.4 Å². The van der Waals surface area contributed by atoms with Crippen molar-refractivity contribution in [3.8, 4) is 91.1 Å². The molecule has 3 atom stereocenters. The van der Waals surface area contributed by atoms with E-state index in [-0.39, 0.29) is 30.2 Å². The Morgan fingerprint density at radius 3 is 1.82 bits per heavy atom. The van der Waals surface area contributed by atoms with Crippen molar-refractivity contribution in [2.75, 3.05) is 67.6 Å². The Kier molecular flexibility index (Phi) is 16.3.